The molecule has 6 heteroatoms. The first kappa shape index (κ1) is 12.1. The van der Waals surface area contributed by atoms with Gasteiger partial charge in [-0.2, -0.15) is 4.98 Å². The van der Waals surface area contributed by atoms with E-state index in [0.29, 0.717) is 11.9 Å². The van der Waals surface area contributed by atoms with Gasteiger partial charge in [0.15, 0.2) is 5.65 Å². The highest BCUT2D eigenvalue weighted by Gasteiger charge is 2.10. The maximum absolute atomic E-state index is 4.45. The van der Waals surface area contributed by atoms with Crippen LogP contribution in [0.1, 0.15) is 23.5 Å². The van der Waals surface area contributed by atoms with Crippen LogP contribution in [-0.2, 0) is 0 Å². The molecule has 0 aliphatic rings. The smallest absolute Gasteiger partial charge is 0.243 e. The molecule has 0 aromatic carbocycles. The molecule has 1 unspecified atom stereocenters. The molecule has 0 bridgehead atoms. The fourth-order valence-electron chi connectivity index (χ4n) is 1.92. The second-order valence-electron chi connectivity index (χ2n) is 4.52. The number of rotatable bonds is 4. The minimum Gasteiger partial charge on any atom is -0.352 e. The van der Waals surface area contributed by atoms with Gasteiger partial charge in [-0.25, -0.2) is 9.50 Å². The summed E-state index contributed by atoms with van der Waals surface area (Å²) in [4.78, 5) is 8.77. The Morgan fingerprint density at radius 1 is 1.42 bits per heavy atom. The van der Waals surface area contributed by atoms with E-state index in [1.54, 1.807) is 11.3 Å². The van der Waals surface area contributed by atoms with E-state index in [1.165, 1.54) is 0 Å². The molecule has 0 spiro atoms. The predicted molar refractivity (Wildman–Crippen MR) is 76.7 cm³/mol. The first-order valence-electron chi connectivity index (χ1n) is 6.19. The van der Waals surface area contributed by atoms with Crippen LogP contribution in [0.2, 0.25) is 0 Å². The van der Waals surface area contributed by atoms with Crippen molar-refractivity contribution in [2.45, 2.75) is 19.8 Å². The van der Waals surface area contributed by atoms with Gasteiger partial charge >= 0.3 is 0 Å². The Bertz CT molecular complexity index is 673. The molecule has 0 aliphatic carbocycles. The number of hydrogen-bond donors (Lipinski definition) is 1. The summed E-state index contributed by atoms with van der Waals surface area (Å²) in [7, 11) is 0. The summed E-state index contributed by atoms with van der Waals surface area (Å²) < 4.78 is 1.84. The molecule has 3 aromatic heterocycles. The molecule has 3 aromatic rings. The zero-order valence-corrected chi connectivity index (χ0v) is 11.7. The van der Waals surface area contributed by atoms with Crippen LogP contribution < -0.4 is 5.32 Å². The van der Waals surface area contributed by atoms with Gasteiger partial charge in [0.25, 0.3) is 0 Å². The Morgan fingerprint density at radius 2 is 2.32 bits per heavy atom. The maximum atomic E-state index is 4.45. The van der Waals surface area contributed by atoms with E-state index >= 15 is 0 Å². The summed E-state index contributed by atoms with van der Waals surface area (Å²) in [6.45, 7) is 4.94. The number of fused-ring (bicyclic) bond motifs is 1. The Hall–Kier alpha value is -1.95. The molecule has 0 saturated heterocycles. The van der Waals surface area contributed by atoms with Crippen molar-refractivity contribution in [3.63, 3.8) is 0 Å². The summed E-state index contributed by atoms with van der Waals surface area (Å²) in [6.07, 6.45) is 1.84. The number of hydrogen-bond acceptors (Lipinski definition) is 5. The van der Waals surface area contributed by atoms with E-state index < -0.39 is 0 Å². The summed E-state index contributed by atoms with van der Waals surface area (Å²) in [6, 6.07) is 5.96. The van der Waals surface area contributed by atoms with Gasteiger partial charge in [0, 0.05) is 29.7 Å². The van der Waals surface area contributed by atoms with Gasteiger partial charge < -0.3 is 5.32 Å². The first-order valence-corrected chi connectivity index (χ1v) is 7.07. The topological polar surface area (TPSA) is 55.1 Å². The standard InChI is InChI=1S/C13H15N5S/c1-9(12-14-6-7-19-12)8-15-13-16-11-5-3-4-10(2)18(11)17-13/h3-7,9H,8H2,1-2H3,(H,15,17). The Morgan fingerprint density at radius 3 is 3.05 bits per heavy atom. The number of thiazole rings is 1. The molecule has 0 amide bonds. The molecule has 0 fully saturated rings. The van der Waals surface area contributed by atoms with Crippen LogP contribution in [0.15, 0.2) is 29.8 Å². The number of nitrogens with one attached hydrogen (secondary N) is 1. The molecule has 98 valence electrons. The SMILES string of the molecule is Cc1cccc2nc(NCC(C)c3nccs3)nn12. The second-order valence-corrected chi connectivity index (χ2v) is 5.45. The highest BCUT2D eigenvalue weighted by atomic mass is 32.1. The van der Waals surface area contributed by atoms with Gasteiger partial charge in [0.05, 0.1) is 5.01 Å². The zero-order valence-electron chi connectivity index (χ0n) is 10.9. The van der Waals surface area contributed by atoms with Crippen molar-refractivity contribution in [1.82, 2.24) is 19.6 Å². The molecule has 0 saturated carbocycles. The zero-order chi connectivity index (χ0) is 13.2. The van der Waals surface area contributed by atoms with Crippen molar-refractivity contribution in [2.75, 3.05) is 11.9 Å². The van der Waals surface area contributed by atoms with Crippen LogP contribution in [0.3, 0.4) is 0 Å². The maximum Gasteiger partial charge on any atom is 0.243 e. The van der Waals surface area contributed by atoms with Crippen molar-refractivity contribution in [3.05, 3.63) is 40.5 Å². The lowest BCUT2D eigenvalue weighted by atomic mass is 10.2. The highest BCUT2D eigenvalue weighted by molar-refractivity contribution is 7.09. The summed E-state index contributed by atoms with van der Waals surface area (Å²) in [5.74, 6) is 1.02. The minimum atomic E-state index is 0.354. The van der Waals surface area contributed by atoms with Crippen LogP contribution in [0.5, 0.6) is 0 Å². The molecular weight excluding hydrogens is 258 g/mol. The Labute approximate surface area is 115 Å². The van der Waals surface area contributed by atoms with Crippen LogP contribution in [0.25, 0.3) is 5.65 Å². The third-order valence-electron chi connectivity index (χ3n) is 2.99. The molecule has 1 N–H and O–H groups in total. The summed E-state index contributed by atoms with van der Waals surface area (Å²) in [5.41, 5.74) is 1.94. The predicted octanol–water partition coefficient (Wildman–Crippen LogP) is 2.71. The normalized spacial score (nSPS) is 12.7. The Kier molecular flexibility index (Phi) is 3.16. The van der Waals surface area contributed by atoms with E-state index in [-0.39, 0.29) is 0 Å². The number of nitrogens with zero attached hydrogens (tertiary/aromatic N) is 4. The summed E-state index contributed by atoms with van der Waals surface area (Å²) >= 11 is 1.68. The van der Waals surface area contributed by atoms with Gasteiger partial charge in [0.1, 0.15) is 0 Å². The second kappa shape index (κ2) is 4.97. The number of anilines is 1. The lowest BCUT2D eigenvalue weighted by molar-refractivity contribution is 0.785. The van der Waals surface area contributed by atoms with Crippen molar-refractivity contribution in [1.29, 1.82) is 0 Å². The fourth-order valence-corrected chi connectivity index (χ4v) is 2.62. The van der Waals surface area contributed by atoms with Gasteiger partial charge in [-0.1, -0.05) is 13.0 Å². The third-order valence-corrected chi connectivity index (χ3v) is 4.00. The van der Waals surface area contributed by atoms with E-state index in [9.17, 15) is 0 Å². The molecule has 3 heterocycles. The molecular formula is C13H15N5S. The molecule has 1 atom stereocenters. The van der Waals surface area contributed by atoms with Crippen LogP contribution in [0.4, 0.5) is 5.95 Å². The monoisotopic (exact) mass is 273 g/mol. The average molecular weight is 273 g/mol. The number of aromatic nitrogens is 4. The molecule has 5 nitrogen and oxygen atoms in total. The minimum absolute atomic E-state index is 0.354. The van der Waals surface area contributed by atoms with Gasteiger partial charge in [0.2, 0.25) is 5.95 Å². The van der Waals surface area contributed by atoms with Crippen molar-refractivity contribution < 1.29 is 0 Å². The van der Waals surface area contributed by atoms with Gasteiger partial charge in [-0.15, -0.1) is 16.4 Å². The lowest BCUT2D eigenvalue weighted by Gasteiger charge is -2.07. The van der Waals surface area contributed by atoms with E-state index in [1.807, 2.05) is 41.2 Å². The molecule has 0 radical (unpaired) electrons. The molecule has 3 rings (SSSR count). The van der Waals surface area contributed by atoms with Crippen molar-refractivity contribution >= 4 is 22.9 Å². The van der Waals surface area contributed by atoms with E-state index in [0.717, 1.165) is 22.9 Å². The van der Waals surface area contributed by atoms with E-state index in [2.05, 4.69) is 27.3 Å². The van der Waals surface area contributed by atoms with Crippen LogP contribution in [0, 0.1) is 6.92 Å². The number of aryl methyl sites for hydroxylation is 1. The van der Waals surface area contributed by atoms with Crippen LogP contribution in [-0.4, -0.2) is 26.1 Å². The number of pyridine rings is 1. The molecule has 0 aliphatic heterocycles. The van der Waals surface area contributed by atoms with Gasteiger partial charge in [-0.05, 0) is 19.1 Å². The average Bonchev–Trinajstić information content (AvgIpc) is 3.05. The molecule has 19 heavy (non-hydrogen) atoms. The third kappa shape index (κ3) is 2.44. The van der Waals surface area contributed by atoms with E-state index in [4.69, 9.17) is 0 Å². The fraction of sp³-hybridized carbons (Fsp3) is 0.308. The summed E-state index contributed by atoms with van der Waals surface area (Å²) in [5, 5.41) is 10.8. The quantitative estimate of drug-likeness (QED) is 0.794. The van der Waals surface area contributed by atoms with Crippen molar-refractivity contribution in [3.8, 4) is 0 Å². The van der Waals surface area contributed by atoms with Crippen LogP contribution >= 0.6 is 11.3 Å². The highest BCUT2D eigenvalue weighted by Crippen LogP contribution is 2.18. The Balaban J connectivity index is 1.73. The van der Waals surface area contributed by atoms with Gasteiger partial charge in [-0.3, -0.25) is 0 Å². The lowest BCUT2D eigenvalue weighted by Crippen LogP contribution is -2.10. The first-order chi connectivity index (χ1) is 9.24. The largest absolute Gasteiger partial charge is 0.352 e. The van der Waals surface area contributed by atoms with Crippen molar-refractivity contribution in [2.24, 2.45) is 0 Å².